The Morgan fingerprint density at radius 3 is 2.65 bits per heavy atom. The fourth-order valence-corrected chi connectivity index (χ4v) is 2.37. The minimum absolute atomic E-state index is 0.0504. The first-order valence-electron chi connectivity index (χ1n) is 5.97. The largest absolute Gasteiger partial charge is 0.328 e. The van der Waals surface area contributed by atoms with Gasteiger partial charge in [0, 0.05) is 22.7 Å². The van der Waals surface area contributed by atoms with Gasteiger partial charge in [0.15, 0.2) is 0 Å². The highest BCUT2D eigenvalue weighted by molar-refractivity contribution is 6.30. The van der Waals surface area contributed by atoms with E-state index in [-0.39, 0.29) is 17.9 Å². The molecule has 0 saturated heterocycles. The lowest BCUT2D eigenvalue weighted by molar-refractivity contribution is -0.120. The van der Waals surface area contributed by atoms with E-state index in [9.17, 15) is 4.79 Å². The van der Waals surface area contributed by atoms with Crippen LogP contribution in [0.4, 0.5) is 5.69 Å². The van der Waals surface area contributed by atoms with E-state index in [1.165, 1.54) is 0 Å². The maximum Gasteiger partial charge on any atom is 0.227 e. The average Bonchev–Trinajstić information content (AvgIpc) is 2.32. The number of amides is 1. The smallest absolute Gasteiger partial charge is 0.227 e. The summed E-state index contributed by atoms with van der Waals surface area (Å²) in [6, 6.07) is 7.32. The minimum Gasteiger partial charge on any atom is -0.328 e. The van der Waals surface area contributed by atoms with Crippen LogP contribution in [0.1, 0.15) is 25.7 Å². The molecule has 4 heteroatoms. The minimum atomic E-state index is 0.0504. The molecule has 1 saturated carbocycles. The number of hydrogen-bond acceptors (Lipinski definition) is 2. The fraction of sp³-hybridized carbons (Fsp3) is 0.462. The molecule has 17 heavy (non-hydrogen) atoms. The molecule has 1 amide bonds. The SMILES string of the molecule is NC1CCCC(C(=O)Nc2ccc(Cl)cc2)C1. The zero-order valence-electron chi connectivity index (χ0n) is 9.66. The molecule has 1 aliphatic carbocycles. The molecule has 0 aliphatic heterocycles. The number of anilines is 1. The van der Waals surface area contributed by atoms with Crippen LogP contribution < -0.4 is 11.1 Å². The molecule has 92 valence electrons. The van der Waals surface area contributed by atoms with Gasteiger partial charge in [-0.1, -0.05) is 18.0 Å². The summed E-state index contributed by atoms with van der Waals surface area (Å²) in [5.41, 5.74) is 6.67. The van der Waals surface area contributed by atoms with Crippen molar-refractivity contribution < 1.29 is 4.79 Å². The highest BCUT2D eigenvalue weighted by Crippen LogP contribution is 2.24. The van der Waals surface area contributed by atoms with Crippen molar-refractivity contribution in [3.8, 4) is 0 Å². The summed E-state index contributed by atoms with van der Waals surface area (Å²) in [6.07, 6.45) is 3.80. The van der Waals surface area contributed by atoms with Gasteiger partial charge >= 0.3 is 0 Å². The fourth-order valence-electron chi connectivity index (χ4n) is 2.24. The third kappa shape index (κ3) is 3.45. The quantitative estimate of drug-likeness (QED) is 0.850. The van der Waals surface area contributed by atoms with Crippen LogP contribution in [0.5, 0.6) is 0 Å². The van der Waals surface area contributed by atoms with Crippen LogP contribution in [0.3, 0.4) is 0 Å². The van der Waals surface area contributed by atoms with Crippen molar-refractivity contribution in [1.82, 2.24) is 0 Å². The predicted octanol–water partition coefficient (Wildman–Crippen LogP) is 2.80. The number of carbonyl (C=O) groups excluding carboxylic acids is 1. The van der Waals surface area contributed by atoms with E-state index in [1.807, 2.05) is 12.1 Å². The molecule has 0 heterocycles. The lowest BCUT2D eigenvalue weighted by Crippen LogP contribution is -2.34. The molecule has 3 N–H and O–H groups in total. The van der Waals surface area contributed by atoms with Crippen LogP contribution in [-0.4, -0.2) is 11.9 Å². The van der Waals surface area contributed by atoms with Gasteiger partial charge < -0.3 is 11.1 Å². The summed E-state index contributed by atoms with van der Waals surface area (Å²) >= 11 is 5.79. The zero-order chi connectivity index (χ0) is 12.3. The third-order valence-electron chi connectivity index (χ3n) is 3.20. The number of nitrogens with two attached hydrogens (primary N) is 1. The van der Waals surface area contributed by atoms with E-state index in [1.54, 1.807) is 12.1 Å². The van der Waals surface area contributed by atoms with Crippen LogP contribution in [-0.2, 0) is 4.79 Å². The van der Waals surface area contributed by atoms with Gasteiger partial charge in [-0.2, -0.15) is 0 Å². The average molecular weight is 253 g/mol. The molecule has 1 aliphatic rings. The van der Waals surface area contributed by atoms with Crippen molar-refractivity contribution in [2.45, 2.75) is 31.7 Å². The van der Waals surface area contributed by atoms with E-state index in [4.69, 9.17) is 17.3 Å². The molecule has 2 atom stereocenters. The second-order valence-corrected chi connectivity index (χ2v) is 5.06. The van der Waals surface area contributed by atoms with Gasteiger partial charge in [0.05, 0.1) is 0 Å². The Labute approximate surface area is 106 Å². The van der Waals surface area contributed by atoms with Crippen molar-refractivity contribution in [2.24, 2.45) is 11.7 Å². The van der Waals surface area contributed by atoms with E-state index in [2.05, 4.69) is 5.32 Å². The first-order valence-corrected chi connectivity index (χ1v) is 6.35. The highest BCUT2D eigenvalue weighted by Gasteiger charge is 2.25. The summed E-state index contributed by atoms with van der Waals surface area (Å²) in [5.74, 6) is 0.122. The first-order chi connectivity index (χ1) is 8.15. The third-order valence-corrected chi connectivity index (χ3v) is 3.45. The van der Waals surface area contributed by atoms with Gasteiger partial charge in [0.1, 0.15) is 0 Å². The molecular weight excluding hydrogens is 236 g/mol. The molecule has 1 aromatic carbocycles. The summed E-state index contributed by atoms with van der Waals surface area (Å²) in [4.78, 5) is 12.0. The van der Waals surface area contributed by atoms with Gasteiger partial charge in [-0.25, -0.2) is 0 Å². The van der Waals surface area contributed by atoms with Crippen LogP contribution >= 0.6 is 11.6 Å². The number of carbonyl (C=O) groups is 1. The topological polar surface area (TPSA) is 55.1 Å². The number of hydrogen-bond donors (Lipinski definition) is 2. The Bertz CT molecular complexity index is 391. The Hall–Kier alpha value is -1.06. The molecule has 0 aromatic heterocycles. The van der Waals surface area contributed by atoms with E-state index < -0.39 is 0 Å². The van der Waals surface area contributed by atoms with Crippen molar-refractivity contribution in [1.29, 1.82) is 0 Å². The van der Waals surface area contributed by atoms with E-state index in [0.717, 1.165) is 31.4 Å². The van der Waals surface area contributed by atoms with E-state index >= 15 is 0 Å². The standard InChI is InChI=1S/C13H17ClN2O/c14-10-4-6-12(7-5-10)16-13(17)9-2-1-3-11(15)8-9/h4-7,9,11H,1-3,8,15H2,(H,16,17). The van der Waals surface area contributed by atoms with Crippen LogP contribution in [0.2, 0.25) is 5.02 Å². The van der Waals surface area contributed by atoms with Gasteiger partial charge in [0.25, 0.3) is 0 Å². The molecule has 1 aromatic rings. The monoisotopic (exact) mass is 252 g/mol. The Morgan fingerprint density at radius 1 is 1.29 bits per heavy atom. The molecule has 2 unspecified atom stereocenters. The zero-order valence-corrected chi connectivity index (χ0v) is 10.4. The van der Waals surface area contributed by atoms with Crippen molar-refractivity contribution >= 4 is 23.2 Å². The first kappa shape index (κ1) is 12.4. The second-order valence-electron chi connectivity index (χ2n) is 4.62. The number of halogens is 1. The Balaban J connectivity index is 1.94. The van der Waals surface area contributed by atoms with Gasteiger partial charge in [-0.15, -0.1) is 0 Å². The molecule has 0 bridgehead atoms. The number of benzene rings is 1. The lowest BCUT2D eigenvalue weighted by atomic mass is 9.85. The summed E-state index contributed by atoms with van der Waals surface area (Å²) in [6.45, 7) is 0. The Morgan fingerprint density at radius 2 is 2.00 bits per heavy atom. The number of rotatable bonds is 2. The second kappa shape index (κ2) is 5.52. The van der Waals surface area contributed by atoms with Gasteiger partial charge in [0.2, 0.25) is 5.91 Å². The normalized spacial score (nSPS) is 24.4. The van der Waals surface area contributed by atoms with Gasteiger partial charge in [-0.05, 0) is 43.5 Å². The van der Waals surface area contributed by atoms with Crippen LogP contribution in [0, 0.1) is 5.92 Å². The van der Waals surface area contributed by atoms with Crippen molar-refractivity contribution in [3.63, 3.8) is 0 Å². The highest BCUT2D eigenvalue weighted by atomic mass is 35.5. The molecule has 0 spiro atoms. The van der Waals surface area contributed by atoms with E-state index in [0.29, 0.717) is 5.02 Å². The molecule has 1 fully saturated rings. The predicted molar refractivity (Wildman–Crippen MR) is 70.0 cm³/mol. The van der Waals surface area contributed by atoms with Crippen molar-refractivity contribution in [3.05, 3.63) is 29.3 Å². The van der Waals surface area contributed by atoms with Crippen LogP contribution in [0.15, 0.2) is 24.3 Å². The molecule has 3 nitrogen and oxygen atoms in total. The summed E-state index contributed by atoms with van der Waals surface area (Å²) in [7, 11) is 0. The summed E-state index contributed by atoms with van der Waals surface area (Å²) < 4.78 is 0. The summed E-state index contributed by atoms with van der Waals surface area (Å²) in [5, 5.41) is 3.58. The molecule has 0 radical (unpaired) electrons. The van der Waals surface area contributed by atoms with Gasteiger partial charge in [-0.3, -0.25) is 4.79 Å². The maximum absolute atomic E-state index is 12.0. The lowest BCUT2D eigenvalue weighted by Gasteiger charge is -2.25. The Kier molecular flexibility index (Phi) is 4.02. The maximum atomic E-state index is 12.0. The molecular formula is C13H17ClN2O. The van der Waals surface area contributed by atoms with Crippen LogP contribution in [0.25, 0.3) is 0 Å². The van der Waals surface area contributed by atoms with Crippen molar-refractivity contribution in [2.75, 3.05) is 5.32 Å². The molecule has 2 rings (SSSR count). The number of nitrogens with one attached hydrogen (secondary N) is 1.